The van der Waals surface area contributed by atoms with Gasteiger partial charge in [0.2, 0.25) is 0 Å². The van der Waals surface area contributed by atoms with Crippen molar-refractivity contribution >= 4 is 35.6 Å². The minimum absolute atomic E-state index is 0.0279. The summed E-state index contributed by atoms with van der Waals surface area (Å²) >= 11 is 6.91. The number of nitrogens with zero attached hydrogens (tertiary/aromatic N) is 1. The third-order valence-electron chi connectivity index (χ3n) is 5.39. The van der Waals surface area contributed by atoms with E-state index in [-0.39, 0.29) is 28.0 Å². The highest BCUT2D eigenvalue weighted by Crippen LogP contribution is 2.52. The molecule has 0 radical (unpaired) electrons. The van der Waals surface area contributed by atoms with Crippen LogP contribution in [0.1, 0.15) is 29.0 Å². The molecule has 3 aromatic carbocycles. The van der Waals surface area contributed by atoms with Crippen molar-refractivity contribution in [1.82, 2.24) is 4.31 Å². The van der Waals surface area contributed by atoms with Gasteiger partial charge in [0.25, 0.3) is 5.54 Å². The Morgan fingerprint density at radius 1 is 0.919 bits per heavy atom. The van der Waals surface area contributed by atoms with Crippen LogP contribution < -0.4 is 0 Å². The van der Waals surface area contributed by atoms with E-state index in [9.17, 15) is 9.59 Å². The summed E-state index contributed by atoms with van der Waals surface area (Å²) < 4.78 is 56.0. The maximum Gasteiger partial charge on any atom is 0.425 e. The molecule has 0 unspecified atom stereocenters. The summed E-state index contributed by atoms with van der Waals surface area (Å²) in [5.74, 6) is -1.72. The molecule has 37 heavy (non-hydrogen) atoms. The Labute approximate surface area is 222 Å². The standard InChI is InChI=1S/C27H25ClF3NO4S/c1-3-35-24(33)26(27(29,30)31,23(28)21-12-8-5-9-13-21)32(37-22-16-14-19(2)15-17-22)25(34)36-18-20-10-6-4-7-11-20/h4-17,23H,3,18H2,1-2H3/t23-,26+/m0/s1. The molecule has 0 saturated carbocycles. The molecule has 3 rings (SSSR count). The molecule has 0 N–H and O–H groups in total. The van der Waals surface area contributed by atoms with Crippen LogP contribution in [-0.2, 0) is 20.9 Å². The molecule has 0 aromatic heterocycles. The van der Waals surface area contributed by atoms with Crippen LogP contribution in [0.25, 0.3) is 0 Å². The molecule has 1 amide bonds. The van der Waals surface area contributed by atoms with Crippen molar-refractivity contribution in [3.8, 4) is 0 Å². The van der Waals surface area contributed by atoms with Crippen molar-refractivity contribution in [3.63, 3.8) is 0 Å². The molecule has 0 heterocycles. The minimum Gasteiger partial charge on any atom is -0.464 e. The first kappa shape index (κ1) is 28.4. The third kappa shape index (κ3) is 6.40. The van der Waals surface area contributed by atoms with Gasteiger partial charge in [-0.2, -0.15) is 13.2 Å². The number of carbonyl (C=O) groups excluding carboxylic acids is 2. The van der Waals surface area contributed by atoms with Crippen LogP contribution >= 0.6 is 23.5 Å². The first-order valence-electron chi connectivity index (χ1n) is 11.3. The normalized spacial score (nSPS) is 13.8. The number of amides is 1. The fourth-order valence-corrected chi connectivity index (χ4v) is 5.04. The van der Waals surface area contributed by atoms with Gasteiger partial charge in [-0.25, -0.2) is 13.9 Å². The average molecular weight is 552 g/mol. The van der Waals surface area contributed by atoms with Crippen LogP contribution in [0.3, 0.4) is 0 Å². The number of hydrogen-bond acceptors (Lipinski definition) is 5. The van der Waals surface area contributed by atoms with Gasteiger partial charge in [-0.05, 0) is 49.1 Å². The van der Waals surface area contributed by atoms with Crippen molar-refractivity contribution in [3.05, 3.63) is 102 Å². The zero-order valence-corrected chi connectivity index (χ0v) is 21.6. The summed E-state index contributed by atoms with van der Waals surface area (Å²) in [5, 5.41) is -2.06. The van der Waals surface area contributed by atoms with E-state index in [4.69, 9.17) is 21.1 Å². The van der Waals surface area contributed by atoms with Crippen molar-refractivity contribution in [1.29, 1.82) is 0 Å². The zero-order chi connectivity index (χ0) is 27.1. The second kappa shape index (κ2) is 12.4. The molecule has 0 fully saturated rings. The van der Waals surface area contributed by atoms with Crippen LogP contribution in [0.5, 0.6) is 0 Å². The van der Waals surface area contributed by atoms with E-state index in [2.05, 4.69) is 0 Å². The lowest BCUT2D eigenvalue weighted by molar-refractivity contribution is -0.225. The van der Waals surface area contributed by atoms with Gasteiger partial charge in [0, 0.05) is 4.90 Å². The third-order valence-corrected chi connectivity index (χ3v) is 7.06. The van der Waals surface area contributed by atoms with E-state index in [0.717, 1.165) is 5.56 Å². The Morgan fingerprint density at radius 2 is 1.49 bits per heavy atom. The maximum absolute atomic E-state index is 15.2. The van der Waals surface area contributed by atoms with Crippen LogP contribution in [0, 0.1) is 6.92 Å². The first-order chi connectivity index (χ1) is 17.6. The van der Waals surface area contributed by atoms with Crippen LogP contribution in [0.4, 0.5) is 18.0 Å². The predicted molar refractivity (Wildman–Crippen MR) is 136 cm³/mol. The highest BCUT2D eigenvalue weighted by atomic mass is 35.5. The molecule has 0 aliphatic heterocycles. The van der Waals surface area contributed by atoms with Crippen molar-refractivity contribution in [2.75, 3.05) is 6.61 Å². The molecule has 5 nitrogen and oxygen atoms in total. The molecule has 0 aliphatic rings. The Morgan fingerprint density at radius 3 is 2.03 bits per heavy atom. The van der Waals surface area contributed by atoms with Crippen LogP contribution in [0.15, 0.2) is 89.8 Å². The van der Waals surface area contributed by atoms with Gasteiger partial charge in [0.1, 0.15) is 12.0 Å². The summed E-state index contributed by atoms with van der Waals surface area (Å²) in [6, 6.07) is 22.1. The van der Waals surface area contributed by atoms with Crippen molar-refractivity contribution in [2.45, 2.75) is 42.4 Å². The smallest absolute Gasteiger partial charge is 0.425 e. The number of rotatable bonds is 9. The Balaban J connectivity index is 2.18. The van der Waals surface area contributed by atoms with Crippen LogP contribution in [0.2, 0.25) is 0 Å². The van der Waals surface area contributed by atoms with E-state index in [1.807, 2.05) is 6.92 Å². The number of alkyl halides is 4. The predicted octanol–water partition coefficient (Wildman–Crippen LogP) is 7.49. The van der Waals surface area contributed by atoms with Gasteiger partial charge in [-0.3, -0.25) is 0 Å². The highest BCUT2D eigenvalue weighted by molar-refractivity contribution is 7.97. The summed E-state index contributed by atoms with van der Waals surface area (Å²) in [5.41, 5.74) is -2.25. The van der Waals surface area contributed by atoms with E-state index < -0.39 is 29.2 Å². The summed E-state index contributed by atoms with van der Waals surface area (Å²) in [6.07, 6.45) is -6.76. The number of esters is 1. The molecule has 0 bridgehead atoms. The average Bonchev–Trinajstić information content (AvgIpc) is 2.88. The number of ether oxygens (including phenoxy) is 2. The fourth-order valence-electron chi connectivity index (χ4n) is 3.50. The molecule has 0 saturated heterocycles. The topological polar surface area (TPSA) is 55.8 Å². The lowest BCUT2D eigenvalue weighted by atomic mass is 9.89. The number of hydrogen-bond donors (Lipinski definition) is 0. The Kier molecular flexibility index (Phi) is 9.50. The molecule has 196 valence electrons. The fraction of sp³-hybridized carbons (Fsp3) is 0.259. The number of aryl methyl sites for hydroxylation is 1. The molecule has 2 atom stereocenters. The lowest BCUT2D eigenvalue weighted by Gasteiger charge is -2.43. The molecule has 10 heteroatoms. The van der Waals surface area contributed by atoms with Gasteiger partial charge in [-0.1, -0.05) is 78.4 Å². The van der Waals surface area contributed by atoms with E-state index >= 15 is 13.2 Å². The molecule has 3 aromatic rings. The van der Waals surface area contributed by atoms with Gasteiger partial charge < -0.3 is 9.47 Å². The molecular formula is C27H25ClF3NO4S. The lowest BCUT2D eigenvalue weighted by Crippen LogP contribution is -2.66. The number of halogens is 4. The van der Waals surface area contributed by atoms with Crippen LogP contribution in [-0.4, -0.2) is 34.7 Å². The monoisotopic (exact) mass is 551 g/mol. The largest absolute Gasteiger partial charge is 0.464 e. The van der Waals surface area contributed by atoms with E-state index in [1.165, 1.54) is 43.3 Å². The zero-order valence-electron chi connectivity index (χ0n) is 20.1. The Bertz CT molecular complexity index is 1180. The second-order valence-electron chi connectivity index (χ2n) is 8.00. The second-order valence-corrected chi connectivity index (χ2v) is 9.45. The summed E-state index contributed by atoms with van der Waals surface area (Å²) in [6.45, 7) is 2.50. The summed E-state index contributed by atoms with van der Waals surface area (Å²) in [7, 11) is 0. The van der Waals surface area contributed by atoms with Gasteiger partial charge in [0.05, 0.1) is 6.61 Å². The minimum atomic E-state index is -5.36. The van der Waals surface area contributed by atoms with E-state index in [1.54, 1.807) is 48.5 Å². The molecule has 0 aliphatic carbocycles. The highest BCUT2D eigenvalue weighted by Gasteiger charge is 2.72. The molecular weight excluding hydrogens is 527 g/mol. The van der Waals surface area contributed by atoms with Gasteiger partial charge in [-0.15, -0.1) is 11.6 Å². The summed E-state index contributed by atoms with van der Waals surface area (Å²) in [4.78, 5) is 27.0. The Hall–Kier alpha value is -3.17. The molecule has 0 spiro atoms. The maximum atomic E-state index is 15.2. The van der Waals surface area contributed by atoms with Crippen molar-refractivity contribution in [2.24, 2.45) is 0 Å². The first-order valence-corrected chi connectivity index (χ1v) is 12.5. The SMILES string of the molecule is CCOC(=O)[C@@]([C@@H](Cl)c1ccccc1)(N(Sc1ccc(C)cc1)C(=O)OCc1ccccc1)C(F)(F)F. The number of benzene rings is 3. The quantitative estimate of drug-likeness (QED) is 0.157. The van der Waals surface area contributed by atoms with E-state index in [0.29, 0.717) is 17.5 Å². The van der Waals surface area contributed by atoms with Gasteiger partial charge in [0.15, 0.2) is 0 Å². The number of carbonyl (C=O) groups is 2. The van der Waals surface area contributed by atoms with Gasteiger partial charge >= 0.3 is 18.2 Å². The van der Waals surface area contributed by atoms with Crippen molar-refractivity contribution < 1.29 is 32.2 Å².